The molecule has 3 aromatic rings. The minimum absolute atomic E-state index is 0.259. The second-order valence-electron chi connectivity index (χ2n) is 6.93. The zero-order chi connectivity index (χ0) is 24.5. The van der Waals surface area contributed by atoms with E-state index < -0.39 is 18.2 Å². The van der Waals surface area contributed by atoms with Gasteiger partial charge in [-0.25, -0.2) is 5.43 Å². The highest BCUT2D eigenvalue weighted by molar-refractivity contribution is 6.42. The van der Waals surface area contributed by atoms with E-state index in [0.29, 0.717) is 32.6 Å². The van der Waals surface area contributed by atoms with Crippen molar-refractivity contribution in [3.8, 4) is 11.8 Å². The summed E-state index contributed by atoms with van der Waals surface area (Å²) in [5.74, 6) is -0.666. The van der Waals surface area contributed by atoms with Gasteiger partial charge in [0, 0.05) is 16.3 Å². The zero-order valence-corrected chi connectivity index (χ0v) is 19.8. The first-order valence-electron chi connectivity index (χ1n) is 9.82. The van der Waals surface area contributed by atoms with E-state index in [9.17, 15) is 9.59 Å². The van der Waals surface area contributed by atoms with Crippen molar-refractivity contribution in [3.63, 3.8) is 0 Å². The number of nitrogens with zero attached hydrogens (tertiary/aromatic N) is 2. The highest BCUT2D eigenvalue weighted by atomic mass is 35.5. The summed E-state index contributed by atoms with van der Waals surface area (Å²) in [4.78, 5) is 24.1. The molecule has 0 saturated heterocycles. The summed E-state index contributed by atoms with van der Waals surface area (Å²) in [6.07, 6.45) is 0.921. The average Bonchev–Trinajstić information content (AvgIpc) is 2.81. The van der Waals surface area contributed by atoms with Gasteiger partial charge in [-0.05, 0) is 54.1 Å². The summed E-state index contributed by atoms with van der Waals surface area (Å²) in [6, 6.07) is 18.6. The lowest BCUT2D eigenvalue weighted by Gasteiger charge is -2.10. The van der Waals surface area contributed by atoms with Crippen LogP contribution in [0.2, 0.25) is 15.1 Å². The molecule has 3 aromatic carbocycles. The number of rotatable bonds is 8. The molecule has 0 atom stereocenters. The Labute approximate surface area is 210 Å². The fraction of sp³-hybridized carbons (Fsp3) is 0.0833. The highest BCUT2D eigenvalue weighted by Gasteiger charge is 2.10. The Bertz CT molecular complexity index is 1270. The molecule has 172 valence electrons. The van der Waals surface area contributed by atoms with Crippen LogP contribution in [0.1, 0.15) is 23.1 Å². The number of nitrogens with one attached hydrogen (secondary N) is 2. The number of nitriles is 1. The van der Waals surface area contributed by atoms with Crippen LogP contribution in [0.15, 0.2) is 65.8 Å². The molecule has 0 aromatic heterocycles. The predicted octanol–water partition coefficient (Wildman–Crippen LogP) is 5.58. The average molecular weight is 516 g/mol. The van der Waals surface area contributed by atoms with Crippen LogP contribution in [-0.2, 0) is 16.2 Å². The smallest absolute Gasteiger partial charge is 0.249 e. The van der Waals surface area contributed by atoms with Crippen LogP contribution in [0.4, 0.5) is 5.69 Å². The van der Waals surface area contributed by atoms with Gasteiger partial charge in [0.25, 0.3) is 0 Å². The van der Waals surface area contributed by atoms with Crippen LogP contribution >= 0.6 is 34.8 Å². The van der Waals surface area contributed by atoms with Gasteiger partial charge in [0.15, 0.2) is 0 Å². The third-order valence-electron chi connectivity index (χ3n) is 4.37. The van der Waals surface area contributed by atoms with Crippen LogP contribution in [0, 0.1) is 11.3 Å². The lowest BCUT2D eigenvalue weighted by molar-refractivity contribution is -0.126. The molecule has 34 heavy (non-hydrogen) atoms. The van der Waals surface area contributed by atoms with Crippen LogP contribution in [-0.4, -0.2) is 18.0 Å². The number of halogens is 3. The van der Waals surface area contributed by atoms with E-state index in [1.807, 2.05) is 0 Å². The van der Waals surface area contributed by atoms with Crippen LogP contribution in [0.25, 0.3) is 0 Å². The molecule has 10 heteroatoms. The molecule has 2 amide bonds. The number of anilines is 1. The molecule has 0 aliphatic rings. The first-order valence-corrected chi connectivity index (χ1v) is 11.0. The highest BCUT2D eigenvalue weighted by Crippen LogP contribution is 2.25. The third-order valence-corrected chi connectivity index (χ3v) is 5.34. The molecule has 0 fully saturated rings. The lowest BCUT2D eigenvalue weighted by atomic mass is 10.1. The summed E-state index contributed by atoms with van der Waals surface area (Å²) in [7, 11) is 0. The molecule has 7 nitrogen and oxygen atoms in total. The van der Waals surface area contributed by atoms with E-state index in [2.05, 4.69) is 21.9 Å². The van der Waals surface area contributed by atoms with Gasteiger partial charge in [-0.2, -0.15) is 10.4 Å². The van der Waals surface area contributed by atoms with Gasteiger partial charge < -0.3 is 10.1 Å². The van der Waals surface area contributed by atoms with Crippen LogP contribution in [0.5, 0.6) is 5.75 Å². The SMILES string of the molecule is N#Cc1ccc(COc2ccc(Cl)cc2C=NNC(=O)CC(=O)Nc2ccc(Cl)c(Cl)c2)cc1. The third kappa shape index (κ3) is 7.49. The number of benzene rings is 3. The fourth-order valence-corrected chi connectivity index (χ4v) is 3.21. The Kier molecular flexibility index (Phi) is 8.88. The van der Waals surface area contributed by atoms with Crippen LogP contribution in [0.3, 0.4) is 0 Å². The molecule has 0 spiro atoms. The number of amides is 2. The Hall–Kier alpha value is -3.57. The van der Waals surface area contributed by atoms with Crippen molar-refractivity contribution in [1.29, 1.82) is 5.26 Å². The normalized spacial score (nSPS) is 10.5. The molecule has 0 heterocycles. The van der Waals surface area contributed by atoms with Crippen molar-refractivity contribution in [2.24, 2.45) is 5.10 Å². The summed E-state index contributed by atoms with van der Waals surface area (Å²) in [5, 5.41) is 16.4. The first kappa shape index (κ1) is 25.1. The Morgan fingerprint density at radius 3 is 2.44 bits per heavy atom. The van der Waals surface area contributed by atoms with Crippen molar-refractivity contribution in [3.05, 3.63) is 92.4 Å². The van der Waals surface area contributed by atoms with Gasteiger partial charge in [0.05, 0.1) is 27.9 Å². The van der Waals surface area contributed by atoms with Crippen molar-refractivity contribution in [1.82, 2.24) is 5.43 Å². The molecule has 0 unspecified atom stereocenters. The molecular formula is C24H17Cl3N4O3. The van der Waals surface area contributed by atoms with Crippen molar-refractivity contribution in [2.45, 2.75) is 13.0 Å². The summed E-state index contributed by atoms with van der Waals surface area (Å²) in [5.41, 5.74) is 4.67. The number of ether oxygens (including phenoxy) is 1. The molecular weight excluding hydrogens is 499 g/mol. The quantitative estimate of drug-likeness (QED) is 0.232. The van der Waals surface area contributed by atoms with E-state index in [1.165, 1.54) is 18.3 Å². The molecule has 0 radical (unpaired) electrons. The Balaban J connectivity index is 1.56. The maximum absolute atomic E-state index is 12.1. The minimum Gasteiger partial charge on any atom is -0.488 e. The standard InChI is InChI=1S/C24H17Cl3N4O3/c25-18-5-8-22(34-14-16-3-1-15(12-28)2-4-16)17(9-18)13-29-31-24(33)11-23(32)30-19-6-7-20(26)21(27)10-19/h1-10,13H,11,14H2,(H,30,32)(H,31,33). The maximum atomic E-state index is 12.1. The number of carbonyl (C=O) groups excluding carboxylic acids is 2. The second kappa shape index (κ2) is 12.1. The van der Waals surface area contributed by atoms with E-state index in [4.69, 9.17) is 44.8 Å². The summed E-state index contributed by atoms with van der Waals surface area (Å²) >= 11 is 17.8. The molecule has 0 bridgehead atoms. The van der Waals surface area contributed by atoms with Gasteiger partial charge in [0.2, 0.25) is 11.8 Å². The Morgan fingerprint density at radius 2 is 1.74 bits per heavy atom. The van der Waals surface area contributed by atoms with Gasteiger partial charge in [-0.3, -0.25) is 9.59 Å². The van der Waals surface area contributed by atoms with Gasteiger partial charge in [-0.1, -0.05) is 46.9 Å². The van der Waals surface area contributed by atoms with E-state index in [1.54, 1.807) is 48.5 Å². The van der Waals surface area contributed by atoms with Crippen molar-refractivity contribution in [2.75, 3.05) is 5.32 Å². The minimum atomic E-state index is -0.615. The summed E-state index contributed by atoms with van der Waals surface area (Å²) < 4.78 is 5.83. The number of hydrogen-bond acceptors (Lipinski definition) is 5. The van der Waals surface area contributed by atoms with Gasteiger partial charge in [0.1, 0.15) is 18.8 Å². The van der Waals surface area contributed by atoms with E-state index in [-0.39, 0.29) is 11.6 Å². The first-order chi connectivity index (χ1) is 16.3. The predicted molar refractivity (Wildman–Crippen MR) is 132 cm³/mol. The number of carbonyl (C=O) groups is 2. The fourth-order valence-electron chi connectivity index (χ4n) is 2.73. The lowest BCUT2D eigenvalue weighted by Crippen LogP contribution is -2.24. The van der Waals surface area contributed by atoms with Crippen molar-refractivity contribution < 1.29 is 14.3 Å². The molecule has 0 saturated carbocycles. The van der Waals surface area contributed by atoms with E-state index >= 15 is 0 Å². The molecule has 0 aliphatic heterocycles. The maximum Gasteiger partial charge on any atom is 0.249 e. The van der Waals surface area contributed by atoms with Crippen LogP contribution < -0.4 is 15.5 Å². The summed E-state index contributed by atoms with van der Waals surface area (Å²) in [6.45, 7) is 0.259. The molecule has 0 aliphatic carbocycles. The zero-order valence-electron chi connectivity index (χ0n) is 17.5. The monoisotopic (exact) mass is 514 g/mol. The topological polar surface area (TPSA) is 104 Å². The molecule has 2 N–H and O–H groups in total. The van der Waals surface area contributed by atoms with Crippen molar-refractivity contribution >= 4 is 58.5 Å². The largest absolute Gasteiger partial charge is 0.488 e. The number of hydrazone groups is 1. The Morgan fingerprint density at radius 1 is 0.971 bits per heavy atom. The van der Waals surface area contributed by atoms with Gasteiger partial charge in [-0.15, -0.1) is 0 Å². The molecule has 3 rings (SSSR count). The number of hydrogen-bond donors (Lipinski definition) is 2. The van der Waals surface area contributed by atoms with E-state index in [0.717, 1.165) is 5.56 Å². The van der Waals surface area contributed by atoms with Gasteiger partial charge >= 0.3 is 0 Å². The second-order valence-corrected chi connectivity index (χ2v) is 8.18.